The van der Waals surface area contributed by atoms with Crippen molar-refractivity contribution < 1.29 is 52.2 Å². The maximum absolute atomic E-state index is 14.5. The van der Waals surface area contributed by atoms with Crippen molar-refractivity contribution >= 4 is 5.97 Å². The molecule has 11 heteroatoms. The maximum Gasteiger partial charge on any atom is 0.419 e. The lowest BCUT2D eigenvalue weighted by molar-refractivity contribution is -0.373. The second kappa shape index (κ2) is 13.7. The Morgan fingerprint density at radius 1 is 0.582 bits per heavy atom. The Bertz CT molecular complexity index is 1400. The summed E-state index contributed by atoms with van der Waals surface area (Å²) in [6.07, 6.45) is 5.00. The van der Waals surface area contributed by atoms with E-state index >= 15 is 0 Å². The molecule has 7 aliphatic carbocycles. The number of halogens is 3. The van der Waals surface area contributed by atoms with Gasteiger partial charge in [-0.1, -0.05) is 45.1 Å². The number of carbonyl (C=O) groups excluding carboxylic acids is 1. The lowest BCUT2D eigenvalue weighted by Crippen LogP contribution is -2.78. The highest BCUT2D eigenvalue weighted by Gasteiger charge is 2.81. The molecule has 0 aromatic heterocycles. The quantitative estimate of drug-likeness (QED) is 0.118. The van der Waals surface area contributed by atoms with Gasteiger partial charge in [0.15, 0.2) is 5.60 Å². The Balaban J connectivity index is 1.63. The normalized spacial score (nSPS) is 36.7. The van der Waals surface area contributed by atoms with Gasteiger partial charge in [-0.25, -0.2) is 4.79 Å². The van der Waals surface area contributed by atoms with Gasteiger partial charge in [0.2, 0.25) is 0 Å². The van der Waals surface area contributed by atoms with Crippen LogP contribution in [0.5, 0.6) is 0 Å². The highest BCUT2D eigenvalue weighted by atomic mass is 19.4. The molecule has 7 fully saturated rings. The second-order valence-electron chi connectivity index (χ2n) is 21.1. The van der Waals surface area contributed by atoms with Crippen LogP contribution in [0.2, 0.25) is 0 Å². The summed E-state index contributed by atoms with van der Waals surface area (Å²) < 4.78 is 72.0. The van der Waals surface area contributed by atoms with E-state index in [0.29, 0.717) is 51.4 Å². The number of esters is 1. The van der Waals surface area contributed by atoms with Crippen molar-refractivity contribution in [2.45, 2.75) is 242 Å². The zero-order valence-electron chi connectivity index (χ0n) is 35.2. The Kier molecular flexibility index (Phi) is 10.8. The van der Waals surface area contributed by atoms with Gasteiger partial charge in [-0.2, -0.15) is 13.2 Å². The highest BCUT2D eigenvalue weighted by molar-refractivity contribution is 5.87. The molecule has 7 saturated carbocycles. The molecule has 7 aliphatic rings. The summed E-state index contributed by atoms with van der Waals surface area (Å²) in [5.41, 5.74) is -10.7. The Morgan fingerprint density at radius 2 is 0.873 bits per heavy atom. The van der Waals surface area contributed by atoms with Crippen LogP contribution in [0.1, 0.15) is 178 Å². The largest absolute Gasteiger partial charge is 0.456 e. The van der Waals surface area contributed by atoms with Crippen molar-refractivity contribution in [1.82, 2.24) is 0 Å². The monoisotopic (exact) mass is 785 g/mol. The third-order valence-corrected chi connectivity index (χ3v) is 16.4. The minimum Gasteiger partial charge on any atom is -0.456 e. The van der Waals surface area contributed by atoms with Crippen LogP contribution in [-0.4, -0.2) is 85.0 Å². The number of ether oxygens (including phenoxy) is 4. The second-order valence-corrected chi connectivity index (χ2v) is 21.1. The van der Waals surface area contributed by atoms with Gasteiger partial charge in [0.05, 0.1) is 46.3 Å². The minimum absolute atomic E-state index is 0.277. The fourth-order valence-corrected chi connectivity index (χ4v) is 13.2. The van der Waals surface area contributed by atoms with E-state index in [4.69, 9.17) is 18.9 Å². The lowest BCUT2D eigenvalue weighted by Gasteiger charge is -2.78. The standard InChI is InChI=1S/C44H71F3O8/c1-29(2)33(48)55-40-26-37(41(17-11-12-18-41)52-30(3)34(6,7)49)23-38(27-40,42(19-13-14-20-42)53-31(4)35(8,9)50)25-39(24-37,28-40)43(21-15-16-22-43)54-32(5)36(10,51)44(45,46)47/h30-32,49-51H,1,11-28H2,2-10H3. The zero-order chi connectivity index (χ0) is 40.9. The maximum atomic E-state index is 14.5. The number of hydrogen-bond acceptors (Lipinski definition) is 8. The SMILES string of the molecule is C=C(C)C(=O)OC12CC3(C4(OC(C)C(C)(C)O)CCCC4)CC(C4(OC(C)C(C)(C)O)CCCC4)(C1)CC(C1(OC(C)C(C)(O)C(F)(F)F)CCCC1)(C2)C3. The van der Waals surface area contributed by atoms with Gasteiger partial charge in [0.1, 0.15) is 5.60 Å². The van der Waals surface area contributed by atoms with E-state index in [9.17, 15) is 33.3 Å². The van der Waals surface area contributed by atoms with Crippen LogP contribution in [0.15, 0.2) is 12.2 Å². The fourth-order valence-electron chi connectivity index (χ4n) is 13.2. The topological polar surface area (TPSA) is 115 Å². The lowest BCUT2D eigenvalue weighted by atomic mass is 9.30. The minimum atomic E-state index is -4.92. The van der Waals surface area contributed by atoms with E-state index in [-0.39, 0.29) is 5.57 Å². The predicted molar refractivity (Wildman–Crippen MR) is 203 cm³/mol. The van der Waals surface area contributed by atoms with Crippen molar-refractivity contribution in [1.29, 1.82) is 0 Å². The molecule has 0 aliphatic heterocycles. The molecule has 7 rings (SSSR count). The van der Waals surface area contributed by atoms with E-state index in [1.54, 1.807) is 34.6 Å². The molecular weight excluding hydrogens is 713 g/mol. The molecule has 0 amide bonds. The van der Waals surface area contributed by atoms with Crippen LogP contribution >= 0.6 is 0 Å². The number of carbonyl (C=O) groups is 1. The molecule has 3 N–H and O–H groups in total. The Hall–Kier alpha value is -1.24. The summed E-state index contributed by atoms with van der Waals surface area (Å²) in [5, 5.41) is 33.7. The zero-order valence-corrected chi connectivity index (χ0v) is 35.2. The van der Waals surface area contributed by atoms with Crippen molar-refractivity contribution in [2.75, 3.05) is 0 Å². The average molecular weight is 785 g/mol. The number of rotatable bonds is 14. The molecule has 0 heterocycles. The molecule has 4 bridgehead atoms. The van der Waals surface area contributed by atoms with Crippen LogP contribution in [0.25, 0.3) is 0 Å². The van der Waals surface area contributed by atoms with Gasteiger partial charge in [0, 0.05) is 21.8 Å². The molecule has 0 radical (unpaired) electrons. The molecule has 0 spiro atoms. The van der Waals surface area contributed by atoms with Crippen molar-refractivity contribution in [2.24, 2.45) is 16.2 Å². The summed E-state index contributed by atoms with van der Waals surface area (Å²) >= 11 is 0. The van der Waals surface area contributed by atoms with E-state index in [0.717, 1.165) is 71.1 Å². The molecular formula is C44H71F3O8. The number of hydrogen-bond donors (Lipinski definition) is 3. The van der Waals surface area contributed by atoms with E-state index in [1.807, 2.05) is 13.8 Å². The van der Waals surface area contributed by atoms with Gasteiger partial charge < -0.3 is 34.3 Å². The molecule has 316 valence electrons. The fraction of sp³-hybridized carbons (Fsp3) is 0.932. The summed E-state index contributed by atoms with van der Waals surface area (Å²) in [5.74, 6) is -0.491. The molecule has 55 heavy (non-hydrogen) atoms. The molecule has 6 atom stereocenters. The van der Waals surface area contributed by atoms with Crippen LogP contribution in [0.3, 0.4) is 0 Å². The first kappa shape index (κ1) is 43.3. The van der Waals surface area contributed by atoms with Crippen molar-refractivity contribution in [3.63, 3.8) is 0 Å². The molecule has 8 nitrogen and oxygen atoms in total. The van der Waals surface area contributed by atoms with E-state index in [1.165, 1.54) is 6.92 Å². The average Bonchev–Trinajstić information content (AvgIpc) is 3.82. The first-order valence-corrected chi connectivity index (χ1v) is 21.2. The summed E-state index contributed by atoms with van der Waals surface area (Å²) in [4.78, 5) is 13.9. The first-order valence-electron chi connectivity index (χ1n) is 21.2. The molecule has 0 saturated heterocycles. The van der Waals surface area contributed by atoms with Crippen molar-refractivity contribution in [3.8, 4) is 0 Å². The smallest absolute Gasteiger partial charge is 0.419 e. The summed E-state index contributed by atoms with van der Waals surface area (Å²) in [7, 11) is 0. The third kappa shape index (κ3) is 6.96. The van der Waals surface area contributed by atoms with Crippen LogP contribution in [0, 0.1) is 16.2 Å². The van der Waals surface area contributed by atoms with Crippen LogP contribution in [0.4, 0.5) is 13.2 Å². The molecule has 0 aromatic carbocycles. The number of aliphatic hydroxyl groups is 3. The van der Waals surface area contributed by atoms with E-state index in [2.05, 4.69) is 6.58 Å². The molecule has 6 unspecified atom stereocenters. The highest BCUT2D eigenvalue weighted by Crippen LogP contribution is 2.82. The van der Waals surface area contributed by atoms with E-state index < -0.39 is 85.9 Å². The molecule has 0 aromatic rings. The van der Waals surface area contributed by atoms with Gasteiger partial charge >= 0.3 is 12.1 Å². The van der Waals surface area contributed by atoms with Crippen LogP contribution in [-0.2, 0) is 23.7 Å². The Labute approximate surface area is 327 Å². The Morgan fingerprint density at radius 3 is 1.13 bits per heavy atom. The first-order chi connectivity index (χ1) is 25.1. The van der Waals surface area contributed by atoms with Gasteiger partial charge in [-0.15, -0.1) is 0 Å². The van der Waals surface area contributed by atoms with Gasteiger partial charge in [-0.05, 0) is 139 Å². The van der Waals surface area contributed by atoms with Crippen LogP contribution < -0.4 is 0 Å². The summed E-state index contributed by atoms with van der Waals surface area (Å²) in [6.45, 7) is 18.6. The van der Waals surface area contributed by atoms with Gasteiger partial charge in [0.25, 0.3) is 0 Å². The van der Waals surface area contributed by atoms with Gasteiger partial charge in [-0.3, -0.25) is 0 Å². The van der Waals surface area contributed by atoms with Crippen molar-refractivity contribution in [3.05, 3.63) is 12.2 Å². The summed E-state index contributed by atoms with van der Waals surface area (Å²) in [6, 6.07) is 0. The third-order valence-electron chi connectivity index (χ3n) is 16.4. The number of alkyl halides is 3. The predicted octanol–water partition coefficient (Wildman–Crippen LogP) is 9.19.